The van der Waals surface area contributed by atoms with Gasteiger partial charge in [-0.05, 0) is 73.9 Å². The predicted molar refractivity (Wildman–Crippen MR) is 140 cm³/mol. The highest BCUT2D eigenvalue weighted by Crippen LogP contribution is 2.33. The first-order valence-corrected chi connectivity index (χ1v) is 13.1. The van der Waals surface area contributed by atoms with Gasteiger partial charge in [0.15, 0.2) is 5.49 Å². The third-order valence-electron chi connectivity index (χ3n) is 7.19. The fraction of sp³-hybridized carbons (Fsp3) is 0.367. The van der Waals surface area contributed by atoms with Crippen LogP contribution in [0.15, 0.2) is 59.7 Å². The maximum absolute atomic E-state index is 14.6. The summed E-state index contributed by atoms with van der Waals surface area (Å²) in [5.74, 6) is 0.664. The number of allylic oxidation sites excluding steroid dienone is 1. The second-order valence-electron chi connectivity index (χ2n) is 9.67. The Hall–Kier alpha value is -3.72. The van der Waals surface area contributed by atoms with Gasteiger partial charge in [-0.3, -0.25) is 4.57 Å². The van der Waals surface area contributed by atoms with E-state index in [1.165, 1.54) is 49.8 Å². The number of nitrogens with zero attached hydrogens (tertiary/aromatic N) is 4. The first-order valence-electron chi connectivity index (χ1n) is 13.1. The van der Waals surface area contributed by atoms with Crippen molar-refractivity contribution < 1.29 is 4.39 Å². The van der Waals surface area contributed by atoms with Crippen molar-refractivity contribution in [2.45, 2.75) is 63.7 Å². The lowest BCUT2D eigenvalue weighted by molar-refractivity contribution is 0.443. The molecule has 0 atom stereocenters. The molecule has 1 N–H and O–H groups in total. The zero-order valence-corrected chi connectivity index (χ0v) is 20.6. The number of aromatic nitrogens is 2. The molecule has 1 saturated carbocycles. The molecule has 0 bridgehead atoms. The van der Waals surface area contributed by atoms with Gasteiger partial charge in [0, 0.05) is 30.2 Å². The van der Waals surface area contributed by atoms with Crippen molar-refractivity contribution in [1.29, 1.82) is 5.26 Å². The molecule has 1 aromatic heterocycles. The molecule has 0 amide bonds. The number of halogens is 1. The van der Waals surface area contributed by atoms with Gasteiger partial charge in [0.05, 0.1) is 5.56 Å². The van der Waals surface area contributed by atoms with Crippen LogP contribution >= 0.6 is 0 Å². The summed E-state index contributed by atoms with van der Waals surface area (Å²) >= 11 is 0. The summed E-state index contributed by atoms with van der Waals surface area (Å²) in [6.07, 6.45) is 16.7. The monoisotopic (exact) mass is 481 g/mol. The lowest BCUT2D eigenvalue weighted by Gasteiger charge is -2.22. The molecule has 1 aliphatic heterocycles. The van der Waals surface area contributed by atoms with Crippen molar-refractivity contribution in [2.24, 2.45) is 4.99 Å². The van der Waals surface area contributed by atoms with E-state index in [-0.39, 0.29) is 5.56 Å². The topological polar surface area (TPSA) is 66.0 Å². The van der Waals surface area contributed by atoms with E-state index in [0.29, 0.717) is 28.1 Å². The summed E-state index contributed by atoms with van der Waals surface area (Å²) in [5.41, 5.74) is 3.63. The van der Waals surface area contributed by atoms with Gasteiger partial charge in [0.2, 0.25) is 0 Å². The van der Waals surface area contributed by atoms with Crippen molar-refractivity contribution in [3.8, 4) is 23.1 Å². The van der Waals surface area contributed by atoms with Gasteiger partial charge < -0.3 is 5.32 Å². The van der Waals surface area contributed by atoms with Crippen molar-refractivity contribution in [1.82, 2.24) is 14.9 Å². The van der Waals surface area contributed by atoms with E-state index in [4.69, 9.17) is 9.98 Å². The highest BCUT2D eigenvalue weighted by Gasteiger charge is 2.18. The third-order valence-corrected chi connectivity index (χ3v) is 7.19. The normalized spacial score (nSPS) is 19.7. The predicted octanol–water partition coefficient (Wildman–Crippen LogP) is 5.63. The van der Waals surface area contributed by atoms with Crippen LogP contribution in [0.25, 0.3) is 23.3 Å². The number of benzene rings is 2. The molecule has 5 rings (SSSR count). The number of hydrogen-bond donors (Lipinski definition) is 1. The average molecular weight is 482 g/mol. The lowest BCUT2D eigenvalue weighted by Crippen LogP contribution is -2.32. The first kappa shape index (κ1) is 24.0. The summed E-state index contributed by atoms with van der Waals surface area (Å²) < 4.78 is 16.6. The number of rotatable bonds is 3. The Balaban J connectivity index is 1.67. The Morgan fingerprint density at radius 1 is 0.972 bits per heavy atom. The molecule has 1 aliphatic carbocycles. The summed E-state index contributed by atoms with van der Waals surface area (Å²) in [6, 6.07) is 15.2. The van der Waals surface area contributed by atoms with Crippen LogP contribution in [0.4, 0.5) is 4.39 Å². The Kier molecular flexibility index (Phi) is 7.56. The number of hydrogen-bond acceptors (Lipinski definition) is 4. The fourth-order valence-corrected chi connectivity index (χ4v) is 5.20. The fourth-order valence-electron chi connectivity index (χ4n) is 5.20. The molecule has 2 aromatic carbocycles. The van der Waals surface area contributed by atoms with Crippen molar-refractivity contribution in [3.05, 3.63) is 82.5 Å². The molecule has 36 heavy (non-hydrogen) atoms. The summed E-state index contributed by atoms with van der Waals surface area (Å²) in [4.78, 5) is 9.72. The average Bonchev–Trinajstić information content (AvgIpc) is 3.27. The van der Waals surface area contributed by atoms with Crippen LogP contribution in [-0.4, -0.2) is 16.1 Å². The molecule has 0 radical (unpaired) electrons. The van der Waals surface area contributed by atoms with E-state index < -0.39 is 5.82 Å². The Morgan fingerprint density at radius 2 is 1.78 bits per heavy atom. The number of nitriles is 1. The molecule has 0 unspecified atom stereocenters. The quantitative estimate of drug-likeness (QED) is 0.527. The van der Waals surface area contributed by atoms with Gasteiger partial charge in [-0.25, -0.2) is 14.4 Å². The Labute approximate surface area is 211 Å². The molecule has 6 heteroatoms. The maximum atomic E-state index is 14.6. The van der Waals surface area contributed by atoms with E-state index in [0.717, 1.165) is 37.9 Å². The van der Waals surface area contributed by atoms with E-state index in [9.17, 15) is 9.65 Å². The van der Waals surface area contributed by atoms with E-state index in [1.54, 1.807) is 6.07 Å². The molecular weight excluding hydrogens is 449 g/mol. The minimum atomic E-state index is -0.551. The molecule has 0 spiro atoms. The van der Waals surface area contributed by atoms with Gasteiger partial charge in [0.1, 0.15) is 23.1 Å². The van der Waals surface area contributed by atoms with Crippen molar-refractivity contribution in [2.75, 3.05) is 6.54 Å². The number of fused-ring (bicyclic) bond motifs is 1. The minimum Gasteiger partial charge on any atom is -0.389 e. The van der Waals surface area contributed by atoms with Gasteiger partial charge in [-0.2, -0.15) is 5.26 Å². The van der Waals surface area contributed by atoms with Crippen LogP contribution in [0, 0.1) is 17.1 Å². The maximum Gasteiger partial charge on any atom is 0.166 e. The van der Waals surface area contributed by atoms with Crippen molar-refractivity contribution in [3.63, 3.8) is 0 Å². The van der Waals surface area contributed by atoms with E-state index in [2.05, 4.69) is 35.7 Å². The molecule has 0 saturated heterocycles. The molecule has 1 fully saturated rings. The molecule has 3 aromatic rings. The summed E-state index contributed by atoms with van der Waals surface area (Å²) in [6.45, 7) is 0.868. The summed E-state index contributed by atoms with van der Waals surface area (Å²) in [5, 5.41) is 13.3. The van der Waals surface area contributed by atoms with Crippen LogP contribution in [0.3, 0.4) is 0 Å². The minimum absolute atomic E-state index is 0.0216. The van der Waals surface area contributed by atoms with E-state index in [1.807, 2.05) is 23.0 Å². The standard InChI is InChI=1S/C30H32FN5/c31-27-19-24(11-12-25(27)20-32)29-35-28-21-33-17-7-2-1-3-8-18-34-30(28)36(29)26-15-13-23(14-16-26)22-9-5-4-6-10-22/h8,11-16,18-19,21-22,33H,1-7,9-10,17H2/b18-8-,28-21+,34-30+. The Morgan fingerprint density at radius 3 is 2.56 bits per heavy atom. The second kappa shape index (κ2) is 11.3. The molecule has 2 heterocycles. The molecule has 2 aliphatic rings. The van der Waals surface area contributed by atoms with Crippen LogP contribution in [-0.2, 0) is 0 Å². The smallest absolute Gasteiger partial charge is 0.166 e. The Bertz CT molecular complexity index is 1390. The number of imidazole rings is 1. The SMILES string of the molecule is N#Cc1ccc(-c2nc3/c(n2-c2ccc(C4CCCCC4)cc2)=N\C=C/CCCCCN\C=3)cc1F. The van der Waals surface area contributed by atoms with Gasteiger partial charge in [-0.15, -0.1) is 0 Å². The zero-order valence-electron chi connectivity index (χ0n) is 20.6. The number of nitrogens with one attached hydrogen (secondary N) is 1. The lowest BCUT2D eigenvalue weighted by atomic mass is 9.84. The van der Waals surface area contributed by atoms with Gasteiger partial charge in [-0.1, -0.05) is 43.9 Å². The van der Waals surface area contributed by atoms with Crippen molar-refractivity contribution >= 4 is 6.20 Å². The van der Waals surface area contributed by atoms with Crippen LogP contribution in [0.2, 0.25) is 0 Å². The largest absolute Gasteiger partial charge is 0.389 e. The van der Waals surface area contributed by atoms with Crippen LogP contribution in [0.5, 0.6) is 0 Å². The first-order chi connectivity index (χ1) is 17.7. The van der Waals surface area contributed by atoms with Crippen LogP contribution < -0.4 is 16.2 Å². The highest BCUT2D eigenvalue weighted by molar-refractivity contribution is 5.61. The highest BCUT2D eigenvalue weighted by atomic mass is 19.1. The summed E-state index contributed by atoms with van der Waals surface area (Å²) in [7, 11) is 0. The molecule has 5 nitrogen and oxygen atoms in total. The molecule has 184 valence electrons. The third kappa shape index (κ3) is 5.26. The van der Waals surface area contributed by atoms with Gasteiger partial charge >= 0.3 is 0 Å². The second-order valence-corrected chi connectivity index (χ2v) is 9.67. The van der Waals surface area contributed by atoms with E-state index >= 15 is 0 Å². The van der Waals surface area contributed by atoms with Crippen LogP contribution in [0.1, 0.15) is 74.8 Å². The molecular formula is C30H32FN5. The van der Waals surface area contributed by atoms with Gasteiger partial charge in [0.25, 0.3) is 0 Å². The zero-order chi connectivity index (χ0) is 24.7.